The maximum Gasteiger partial charge on any atom is 0.198 e. The van der Waals surface area contributed by atoms with Gasteiger partial charge in [0.2, 0.25) is 0 Å². The smallest absolute Gasteiger partial charge is 0.198 e. The van der Waals surface area contributed by atoms with Crippen molar-refractivity contribution >= 4 is 22.8 Å². The van der Waals surface area contributed by atoms with Crippen molar-refractivity contribution in [2.24, 2.45) is 0 Å². The number of hydrogen-bond acceptors (Lipinski definition) is 5. The average molecular weight is 476 g/mol. The lowest BCUT2D eigenvalue weighted by Gasteiger charge is -2.20. The van der Waals surface area contributed by atoms with Crippen LogP contribution in [0.15, 0.2) is 48.5 Å². The summed E-state index contributed by atoms with van der Waals surface area (Å²) >= 11 is 0. The molecule has 0 spiro atoms. The Bertz CT molecular complexity index is 1610. The van der Waals surface area contributed by atoms with Gasteiger partial charge in [-0.1, -0.05) is 49.4 Å². The lowest BCUT2D eigenvalue weighted by molar-refractivity contribution is 0.617. The second kappa shape index (κ2) is 8.82. The summed E-state index contributed by atoms with van der Waals surface area (Å²) in [6, 6.07) is 17.7. The monoisotopic (exact) mass is 475 g/mol. The van der Waals surface area contributed by atoms with E-state index in [2.05, 4.69) is 101 Å². The first-order chi connectivity index (χ1) is 17.5. The highest BCUT2D eigenvalue weighted by Crippen LogP contribution is 2.37. The first kappa shape index (κ1) is 22.3. The molecule has 7 nitrogen and oxygen atoms in total. The zero-order valence-corrected chi connectivity index (χ0v) is 21.1. The molecule has 0 saturated heterocycles. The van der Waals surface area contributed by atoms with Crippen molar-refractivity contribution in [3.05, 3.63) is 99.3 Å². The fraction of sp³-hybridized carbons (Fsp3) is 0.276. The predicted octanol–water partition coefficient (Wildman–Crippen LogP) is 5.42. The van der Waals surface area contributed by atoms with Crippen LogP contribution < -0.4 is 0 Å². The number of hydrogen-bond donors (Lipinski definition) is 1. The number of nitrogens with one attached hydrogen (secondary N) is 1. The number of H-pyrrole nitrogens is 1. The summed E-state index contributed by atoms with van der Waals surface area (Å²) < 4.78 is 2.32. The zero-order chi connectivity index (χ0) is 24.8. The summed E-state index contributed by atoms with van der Waals surface area (Å²) in [7, 11) is 0. The van der Waals surface area contributed by atoms with Crippen molar-refractivity contribution in [1.29, 1.82) is 0 Å². The van der Waals surface area contributed by atoms with E-state index < -0.39 is 0 Å². The molecule has 1 aliphatic carbocycles. The maximum absolute atomic E-state index is 4.97. The molecule has 0 amide bonds. The Balaban J connectivity index is 1.49. The Hall–Kier alpha value is -4.13. The summed E-state index contributed by atoms with van der Waals surface area (Å²) in [5, 5.41) is 14.7. The van der Waals surface area contributed by atoms with Crippen molar-refractivity contribution < 1.29 is 0 Å². The van der Waals surface area contributed by atoms with E-state index in [1.54, 1.807) is 0 Å². The summed E-state index contributed by atoms with van der Waals surface area (Å²) in [6.45, 7) is 8.59. The zero-order valence-electron chi connectivity index (χ0n) is 21.1. The number of tetrazole rings is 1. The van der Waals surface area contributed by atoms with Crippen molar-refractivity contribution in [3.63, 3.8) is 0 Å². The number of imidazole rings is 1. The summed E-state index contributed by atoms with van der Waals surface area (Å²) in [5.41, 5.74) is 11.7. The number of aromatic amines is 1. The van der Waals surface area contributed by atoms with E-state index in [-0.39, 0.29) is 6.04 Å². The molecule has 3 aromatic heterocycles. The summed E-state index contributed by atoms with van der Waals surface area (Å²) in [4.78, 5) is 9.87. The van der Waals surface area contributed by atoms with Gasteiger partial charge in [0.05, 0.1) is 6.04 Å². The van der Waals surface area contributed by atoms with Gasteiger partial charge in [0, 0.05) is 12.1 Å². The third-order valence-corrected chi connectivity index (χ3v) is 7.25. The molecule has 2 aromatic carbocycles. The van der Waals surface area contributed by atoms with Crippen LogP contribution in [0, 0.1) is 13.8 Å². The van der Waals surface area contributed by atoms with Crippen molar-refractivity contribution in [1.82, 2.24) is 35.2 Å². The van der Waals surface area contributed by atoms with E-state index in [1.165, 1.54) is 33.4 Å². The molecule has 1 N–H and O–H groups in total. The quantitative estimate of drug-likeness (QED) is 0.375. The van der Waals surface area contributed by atoms with Gasteiger partial charge in [-0.2, -0.15) is 5.21 Å². The molecule has 5 aromatic rings. The Labute approximate surface area is 210 Å². The number of rotatable bonds is 4. The van der Waals surface area contributed by atoms with Crippen LogP contribution in [0.4, 0.5) is 0 Å². The highest BCUT2D eigenvalue weighted by molar-refractivity contribution is 5.93. The van der Waals surface area contributed by atoms with Gasteiger partial charge in [-0.3, -0.25) is 0 Å². The third-order valence-electron chi connectivity index (χ3n) is 7.25. The second-order valence-electron chi connectivity index (χ2n) is 9.58. The normalized spacial score (nSPS) is 15.1. The van der Waals surface area contributed by atoms with Crippen LogP contribution in [0.1, 0.15) is 70.6 Å². The largest absolute Gasteiger partial charge is 0.305 e. The third kappa shape index (κ3) is 3.71. The Morgan fingerprint density at radius 3 is 2.61 bits per heavy atom. The topological polar surface area (TPSA) is 85.2 Å². The number of nitrogens with zero attached hydrogens (tertiary/aromatic N) is 6. The molecule has 1 aliphatic rings. The first-order valence-electron chi connectivity index (χ1n) is 12.5. The minimum absolute atomic E-state index is 0.110. The van der Waals surface area contributed by atoms with Gasteiger partial charge in [0.1, 0.15) is 11.3 Å². The van der Waals surface area contributed by atoms with Crippen LogP contribution in [-0.2, 0) is 19.3 Å². The lowest BCUT2D eigenvalue weighted by Crippen LogP contribution is -2.12. The molecule has 0 bridgehead atoms. The molecule has 0 saturated carbocycles. The highest BCUT2D eigenvalue weighted by atomic mass is 15.5. The highest BCUT2D eigenvalue weighted by Gasteiger charge is 2.23. The molecular weight excluding hydrogens is 446 g/mol. The molecule has 1 atom stereocenters. The minimum atomic E-state index is 0.110. The van der Waals surface area contributed by atoms with Crippen LogP contribution in [0.25, 0.3) is 22.8 Å². The fourth-order valence-electron chi connectivity index (χ4n) is 5.50. The Kier molecular flexibility index (Phi) is 5.48. The lowest BCUT2D eigenvalue weighted by atomic mass is 9.91. The van der Waals surface area contributed by atoms with Gasteiger partial charge in [-0.25, -0.2) is 9.97 Å². The summed E-state index contributed by atoms with van der Waals surface area (Å²) in [6.07, 6.45) is 4.84. The standard InChI is InChI=1S/C29H29N7/c1-5-27-31-28-17(2)14-18(3)30-29(28)36(27)19(4)21-12-13-24-22(15-21)11-10-20-8-6-7-9-23(20)25(24)16-26-32-34-35-33-26/h6-9,12-16,19H,5,10-11H2,1-4H3,(H,32,33,34,35)/b25-16+. The van der Waals surface area contributed by atoms with Crippen molar-refractivity contribution in [3.8, 4) is 0 Å². The molecule has 0 aliphatic heterocycles. The van der Waals surface area contributed by atoms with E-state index in [9.17, 15) is 0 Å². The molecule has 180 valence electrons. The van der Waals surface area contributed by atoms with Gasteiger partial charge in [0.25, 0.3) is 0 Å². The molecule has 0 radical (unpaired) electrons. The average Bonchev–Trinajstić information content (AvgIpc) is 3.50. The fourth-order valence-corrected chi connectivity index (χ4v) is 5.50. The molecule has 7 heteroatoms. The van der Waals surface area contributed by atoms with Gasteiger partial charge in [-0.05, 0) is 89.9 Å². The van der Waals surface area contributed by atoms with Crippen LogP contribution in [0.3, 0.4) is 0 Å². The molecule has 3 heterocycles. The number of pyridine rings is 1. The molecule has 1 unspecified atom stereocenters. The van der Waals surface area contributed by atoms with Gasteiger partial charge >= 0.3 is 0 Å². The number of fused-ring (bicyclic) bond motifs is 3. The second-order valence-corrected chi connectivity index (χ2v) is 9.58. The van der Waals surface area contributed by atoms with Gasteiger partial charge in [0.15, 0.2) is 11.5 Å². The van der Waals surface area contributed by atoms with Gasteiger partial charge < -0.3 is 4.57 Å². The van der Waals surface area contributed by atoms with Gasteiger partial charge in [-0.15, -0.1) is 10.2 Å². The molecule has 0 fully saturated rings. The molecular formula is C29H29N7. The minimum Gasteiger partial charge on any atom is -0.305 e. The van der Waals surface area contributed by atoms with E-state index in [0.29, 0.717) is 5.82 Å². The van der Waals surface area contributed by atoms with Crippen LogP contribution >= 0.6 is 0 Å². The molecule has 6 rings (SSSR count). The maximum atomic E-state index is 4.97. The van der Waals surface area contributed by atoms with E-state index >= 15 is 0 Å². The Morgan fingerprint density at radius 1 is 1.00 bits per heavy atom. The summed E-state index contributed by atoms with van der Waals surface area (Å²) in [5.74, 6) is 1.65. The number of aryl methyl sites for hydroxylation is 5. The predicted molar refractivity (Wildman–Crippen MR) is 142 cm³/mol. The van der Waals surface area contributed by atoms with Crippen molar-refractivity contribution in [2.75, 3.05) is 0 Å². The molecule has 36 heavy (non-hydrogen) atoms. The van der Waals surface area contributed by atoms with E-state index in [4.69, 9.17) is 9.97 Å². The number of benzene rings is 2. The van der Waals surface area contributed by atoms with Crippen LogP contribution in [0.5, 0.6) is 0 Å². The van der Waals surface area contributed by atoms with E-state index in [1.807, 2.05) is 6.08 Å². The van der Waals surface area contributed by atoms with Crippen molar-refractivity contribution in [2.45, 2.75) is 53.0 Å². The number of aromatic nitrogens is 7. The Morgan fingerprint density at radius 2 is 1.81 bits per heavy atom. The van der Waals surface area contributed by atoms with Crippen LogP contribution in [0.2, 0.25) is 0 Å². The van der Waals surface area contributed by atoms with Crippen LogP contribution in [-0.4, -0.2) is 35.2 Å². The van der Waals surface area contributed by atoms with E-state index in [0.717, 1.165) is 47.5 Å². The first-order valence-corrected chi connectivity index (χ1v) is 12.5. The SMILES string of the molecule is CCc1nc2c(C)cc(C)nc2n1C(C)c1ccc2c(c1)CCc1ccccc1/C2=C\c1nn[nH]n1.